The van der Waals surface area contributed by atoms with Crippen molar-refractivity contribution in [2.75, 3.05) is 6.61 Å². The predicted octanol–water partition coefficient (Wildman–Crippen LogP) is 3.16. The first-order valence-electron chi connectivity index (χ1n) is 12.2. The molecule has 0 aromatic rings. The number of fused-ring (bicyclic) bond motifs is 5. The van der Waals surface area contributed by atoms with Gasteiger partial charge in [0.05, 0.1) is 18.9 Å². The van der Waals surface area contributed by atoms with Crippen LogP contribution in [0.5, 0.6) is 0 Å². The molecule has 3 fully saturated rings. The summed E-state index contributed by atoms with van der Waals surface area (Å²) in [6, 6.07) is 0. The number of carboxylic acids is 1. The second kappa shape index (κ2) is 10.4. The number of aliphatic hydroxyl groups is 2. The van der Waals surface area contributed by atoms with E-state index < -0.39 is 83.1 Å². The van der Waals surface area contributed by atoms with Gasteiger partial charge in [-0.1, -0.05) is 25.5 Å². The van der Waals surface area contributed by atoms with E-state index >= 15 is 4.39 Å². The monoisotopic (exact) mass is 564 g/mol. The van der Waals surface area contributed by atoms with Crippen molar-refractivity contribution in [1.29, 1.82) is 0 Å². The van der Waals surface area contributed by atoms with Crippen molar-refractivity contribution in [3.63, 3.8) is 0 Å². The molecule has 208 valence electrons. The Morgan fingerprint density at radius 3 is 2.43 bits per heavy atom. The van der Waals surface area contributed by atoms with Crippen LogP contribution < -0.4 is 0 Å². The van der Waals surface area contributed by atoms with E-state index in [1.165, 1.54) is 12.2 Å². The van der Waals surface area contributed by atoms with Crippen molar-refractivity contribution in [2.45, 2.75) is 76.7 Å². The van der Waals surface area contributed by atoms with E-state index in [4.69, 9.17) is 9.84 Å². The number of hydrogen-bond donors (Lipinski definition) is 3. The summed E-state index contributed by atoms with van der Waals surface area (Å²) in [6.45, 7) is 4.38. The fourth-order valence-electron chi connectivity index (χ4n) is 7.68. The van der Waals surface area contributed by atoms with Crippen molar-refractivity contribution in [3.8, 4) is 0 Å². The summed E-state index contributed by atoms with van der Waals surface area (Å²) in [5, 5.41) is 31.8. The molecule has 0 aromatic heterocycles. The molecule has 0 radical (unpaired) electrons. The highest BCUT2D eigenvalue weighted by Crippen LogP contribution is 2.70. The smallest absolute Gasteiger partial charge is 0.306 e. The molecule has 0 unspecified atom stereocenters. The van der Waals surface area contributed by atoms with Crippen molar-refractivity contribution < 1.29 is 43.6 Å². The summed E-state index contributed by atoms with van der Waals surface area (Å²) in [6.07, 6.45) is 3.04. The second-order valence-corrected chi connectivity index (χ2v) is 11.1. The minimum atomic E-state index is -2.07. The van der Waals surface area contributed by atoms with E-state index in [-0.39, 0.29) is 37.0 Å². The molecular formula is C26H35Cl2FO8. The van der Waals surface area contributed by atoms with Crippen LogP contribution in [0.1, 0.15) is 59.3 Å². The lowest BCUT2D eigenvalue weighted by Crippen LogP contribution is -2.69. The molecule has 8 atom stereocenters. The zero-order valence-corrected chi connectivity index (χ0v) is 22.7. The Balaban J connectivity index is 0.00000241. The van der Waals surface area contributed by atoms with Crippen LogP contribution >= 0.6 is 24.8 Å². The zero-order chi connectivity index (χ0) is 26.0. The number of ether oxygens (including phenoxy) is 1. The summed E-state index contributed by atoms with van der Waals surface area (Å²) in [4.78, 5) is 47.7. The third-order valence-corrected chi connectivity index (χ3v) is 9.55. The molecule has 0 bridgehead atoms. The van der Waals surface area contributed by atoms with Gasteiger partial charge in [0.1, 0.15) is 5.60 Å². The second-order valence-electron chi connectivity index (χ2n) is 11.1. The quantitative estimate of drug-likeness (QED) is 0.418. The number of carboxylic acid groups (broad SMARTS) is 1. The van der Waals surface area contributed by atoms with Crippen LogP contribution in [0.3, 0.4) is 0 Å². The lowest BCUT2D eigenvalue weighted by molar-refractivity contribution is -0.220. The van der Waals surface area contributed by atoms with Gasteiger partial charge in [-0.15, -0.1) is 24.8 Å². The Bertz CT molecular complexity index is 1050. The number of esters is 1. The molecule has 0 spiro atoms. The van der Waals surface area contributed by atoms with Crippen LogP contribution in [0.15, 0.2) is 23.8 Å². The normalized spacial score (nSPS) is 41.7. The number of alkyl halides is 1. The fourth-order valence-corrected chi connectivity index (χ4v) is 7.68. The van der Waals surface area contributed by atoms with Gasteiger partial charge in [-0.3, -0.25) is 19.2 Å². The van der Waals surface area contributed by atoms with Crippen LogP contribution in [0.4, 0.5) is 4.39 Å². The van der Waals surface area contributed by atoms with Crippen molar-refractivity contribution in [3.05, 3.63) is 23.8 Å². The minimum Gasteiger partial charge on any atom is -0.481 e. The van der Waals surface area contributed by atoms with Crippen LogP contribution in [0.2, 0.25) is 0 Å². The molecule has 4 rings (SSSR count). The van der Waals surface area contributed by atoms with Gasteiger partial charge in [0, 0.05) is 16.7 Å². The van der Waals surface area contributed by atoms with Crippen LogP contribution in [0.25, 0.3) is 0 Å². The minimum absolute atomic E-state index is 0. The lowest BCUT2D eigenvalue weighted by Gasteiger charge is -2.62. The van der Waals surface area contributed by atoms with Gasteiger partial charge in [0.2, 0.25) is 5.78 Å². The lowest BCUT2D eigenvalue weighted by atomic mass is 9.44. The number of Topliss-reactive ketones (excluding diaryl/α,β-unsaturated/α-hetero) is 1. The van der Waals surface area contributed by atoms with Gasteiger partial charge >= 0.3 is 11.9 Å². The van der Waals surface area contributed by atoms with E-state index in [0.29, 0.717) is 24.8 Å². The van der Waals surface area contributed by atoms with Crippen LogP contribution in [-0.4, -0.2) is 62.8 Å². The summed E-state index contributed by atoms with van der Waals surface area (Å²) in [5.41, 5.74) is -5.71. The molecule has 0 saturated heterocycles. The molecule has 3 saturated carbocycles. The van der Waals surface area contributed by atoms with Crippen LogP contribution in [0, 0.1) is 28.6 Å². The summed E-state index contributed by atoms with van der Waals surface area (Å²) in [7, 11) is 0. The Morgan fingerprint density at radius 2 is 1.81 bits per heavy atom. The van der Waals surface area contributed by atoms with E-state index in [1.54, 1.807) is 26.8 Å². The Labute approximate surface area is 227 Å². The van der Waals surface area contributed by atoms with Gasteiger partial charge in [-0.2, -0.15) is 0 Å². The first-order valence-corrected chi connectivity index (χ1v) is 12.2. The third kappa shape index (κ3) is 4.36. The number of ketones is 2. The van der Waals surface area contributed by atoms with Gasteiger partial charge in [-0.25, -0.2) is 4.39 Å². The molecule has 0 amide bonds. The van der Waals surface area contributed by atoms with E-state index in [0.717, 1.165) is 0 Å². The molecule has 11 heteroatoms. The maximum absolute atomic E-state index is 17.1. The SMILES string of the molecule is C[C@@H]1C[C@H]2[C@@H]3CCC4=CC(=O)C=C[C@]4(C)[C@@]3(F)[C@@H](O)C[C@]2(C)[C@@]1(O)C(=O)COC(=O)CCC(=O)O.Cl.Cl. The Kier molecular flexibility index (Phi) is 8.82. The largest absolute Gasteiger partial charge is 0.481 e. The average molecular weight is 565 g/mol. The maximum atomic E-state index is 17.1. The number of carbonyl (C=O) groups is 4. The number of halogens is 3. The molecule has 0 heterocycles. The predicted molar refractivity (Wildman–Crippen MR) is 135 cm³/mol. The highest BCUT2D eigenvalue weighted by Gasteiger charge is 2.75. The van der Waals surface area contributed by atoms with E-state index in [2.05, 4.69) is 0 Å². The molecule has 3 N–H and O–H groups in total. The number of rotatable bonds is 6. The number of carbonyl (C=O) groups excluding carboxylic acids is 3. The number of aliphatic hydroxyl groups excluding tert-OH is 1. The zero-order valence-electron chi connectivity index (χ0n) is 21.1. The van der Waals surface area contributed by atoms with Crippen molar-refractivity contribution in [2.24, 2.45) is 28.6 Å². The van der Waals surface area contributed by atoms with Gasteiger partial charge in [0.25, 0.3) is 0 Å². The first-order chi connectivity index (χ1) is 16.2. The highest BCUT2D eigenvalue weighted by molar-refractivity contribution is 6.01. The number of allylic oxidation sites excluding steroid dienone is 4. The standard InChI is InChI=1S/C26H33FO8.2ClH/c1-14-10-18-17-5-4-15-11-16(28)8-9-23(15,2)25(17,27)19(29)12-24(18,3)26(14,34)20(30)13-35-22(33)7-6-21(31)32;;/h8-9,11,14,17-19,29,34H,4-7,10,12-13H2,1-3H3,(H,31,32);2*1H/t14-,17+,18+,19+,23+,24+,25+,26+;;/m1../s1. The highest BCUT2D eigenvalue weighted by atomic mass is 35.5. The first kappa shape index (κ1) is 31.4. The number of aliphatic carboxylic acids is 1. The van der Waals surface area contributed by atoms with Gasteiger partial charge in [0.15, 0.2) is 18.1 Å². The molecular weight excluding hydrogens is 530 g/mol. The molecule has 4 aliphatic carbocycles. The van der Waals surface area contributed by atoms with Gasteiger partial charge in [-0.05, 0) is 56.6 Å². The Hall–Kier alpha value is -1.81. The maximum Gasteiger partial charge on any atom is 0.306 e. The summed E-state index contributed by atoms with van der Waals surface area (Å²) >= 11 is 0. The summed E-state index contributed by atoms with van der Waals surface area (Å²) in [5.74, 6) is -4.63. The third-order valence-electron chi connectivity index (χ3n) is 9.55. The van der Waals surface area contributed by atoms with Crippen molar-refractivity contribution >= 4 is 48.3 Å². The topological polar surface area (TPSA) is 138 Å². The molecule has 0 aromatic carbocycles. The molecule has 8 nitrogen and oxygen atoms in total. The van der Waals surface area contributed by atoms with Gasteiger partial charge < -0.3 is 20.1 Å². The van der Waals surface area contributed by atoms with E-state index in [1.807, 2.05) is 0 Å². The fraction of sp³-hybridized carbons (Fsp3) is 0.692. The molecule has 37 heavy (non-hydrogen) atoms. The molecule has 4 aliphatic rings. The summed E-state index contributed by atoms with van der Waals surface area (Å²) < 4.78 is 22.1. The number of hydrogen-bond acceptors (Lipinski definition) is 7. The molecule has 0 aliphatic heterocycles. The average Bonchev–Trinajstić information content (AvgIpc) is 2.99. The van der Waals surface area contributed by atoms with Crippen LogP contribution in [-0.2, 0) is 23.9 Å². The van der Waals surface area contributed by atoms with E-state index in [9.17, 15) is 29.4 Å². The Morgan fingerprint density at radius 1 is 1.16 bits per heavy atom. The van der Waals surface area contributed by atoms with Crippen molar-refractivity contribution in [1.82, 2.24) is 0 Å².